The van der Waals surface area contributed by atoms with Gasteiger partial charge in [0, 0.05) is 15.9 Å². The summed E-state index contributed by atoms with van der Waals surface area (Å²) < 4.78 is 0.811. The fraction of sp³-hybridized carbons (Fsp3) is 0.176. The highest BCUT2D eigenvalue weighted by Gasteiger charge is 2.20. The first-order valence-electron chi connectivity index (χ1n) is 7.02. The Balaban J connectivity index is 2.05. The average molecular weight is 396 g/mol. The van der Waals surface area contributed by atoms with Gasteiger partial charge < -0.3 is 11.1 Å². The van der Waals surface area contributed by atoms with E-state index in [4.69, 9.17) is 17.3 Å². The second-order valence-corrected chi connectivity index (χ2v) is 6.42. The van der Waals surface area contributed by atoms with Crippen LogP contribution in [0.25, 0.3) is 0 Å². The van der Waals surface area contributed by atoms with Crippen molar-refractivity contribution in [3.8, 4) is 0 Å². The minimum Gasteiger partial charge on any atom is -0.368 e. The summed E-state index contributed by atoms with van der Waals surface area (Å²) in [6, 6.07) is 13.8. The Bertz CT molecular complexity index is 707. The van der Waals surface area contributed by atoms with Crippen molar-refractivity contribution in [3.63, 3.8) is 0 Å². The van der Waals surface area contributed by atoms with Crippen LogP contribution in [0.5, 0.6) is 0 Å². The van der Waals surface area contributed by atoms with E-state index in [1.807, 2.05) is 30.3 Å². The van der Waals surface area contributed by atoms with Gasteiger partial charge in [0.2, 0.25) is 11.8 Å². The third kappa shape index (κ3) is 5.37. The lowest BCUT2D eigenvalue weighted by atomic mass is 10.0. The van der Waals surface area contributed by atoms with Gasteiger partial charge in [-0.2, -0.15) is 0 Å². The Kier molecular flexibility index (Phi) is 6.19. The van der Waals surface area contributed by atoms with E-state index in [0.717, 1.165) is 15.6 Å². The molecule has 0 fully saturated rings. The smallest absolute Gasteiger partial charge is 0.240 e. The van der Waals surface area contributed by atoms with E-state index >= 15 is 0 Å². The molecule has 120 valence electrons. The summed E-state index contributed by atoms with van der Waals surface area (Å²) in [4.78, 5) is 23.8. The van der Waals surface area contributed by atoms with Gasteiger partial charge in [0.1, 0.15) is 6.04 Å². The van der Waals surface area contributed by atoms with Crippen LogP contribution >= 0.6 is 27.5 Å². The van der Waals surface area contributed by atoms with Crippen molar-refractivity contribution in [1.82, 2.24) is 5.32 Å². The highest BCUT2D eigenvalue weighted by molar-refractivity contribution is 9.10. The third-order valence-electron chi connectivity index (χ3n) is 3.32. The zero-order valence-corrected chi connectivity index (χ0v) is 14.6. The highest BCUT2D eigenvalue weighted by Crippen LogP contribution is 2.22. The number of benzene rings is 2. The van der Waals surface area contributed by atoms with Crippen LogP contribution in [0, 0.1) is 0 Å². The van der Waals surface area contributed by atoms with E-state index in [-0.39, 0.29) is 18.7 Å². The van der Waals surface area contributed by atoms with E-state index in [9.17, 15) is 9.59 Å². The molecule has 2 aromatic carbocycles. The molecular formula is C17H16BrClN2O2. The normalized spacial score (nSPS) is 11.7. The quantitative estimate of drug-likeness (QED) is 0.789. The van der Waals surface area contributed by atoms with Crippen molar-refractivity contribution in [2.75, 3.05) is 0 Å². The highest BCUT2D eigenvalue weighted by atomic mass is 79.9. The number of halogens is 2. The first-order chi connectivity index (χ1) is 11.0. The van der Waals surface area contributed by atoms with E-state index in [2.05, 4.69) is 21.2 Å². The van der Waals surface area contributed by atoms with Crippen molar-refractivity contribution in [1.29, 1.82) is 0 Å². The molecule has 0 bridgehead atoms. The third-order valence-corrected chi connectivity index (χ3v) is 4.33. The number of hydrogen-bond acceptors (Lipinski definition) is 2. The van der Waals surface area contributed by atoms with Gasteiger partial charge in [-0.05, 0) is 29.3 Å². The lowest BCUT2D eigenvalue weighted by molar-refractivity contribution is -0.127. The summed E-state index contributed by atoms with van der Waals surface area (Å²) in [5.41, 5.74) is 7.09. The van der Waals surface area contributed by atoms with E-state index in [0.29, 0.717) is 5.02 Å². The summed E-state index contributed by atoms with van der Waals surface area (Å²) in [7, 11) is 0. The van der Waals surface area contributed by atoms with Gasteiger partial charge in [-0.3, -0.25) is 9.59 Å². The van der Waals surface area contributed by atoms with Crippen LogP contribution in [0.4, 0.5) is 0 Å². The van der Waals surface area contributed by atoms with Gasteiger partial charge in [0.25, 0.3) is 0 Å². The summed E-state index contributed by atoms with van der Waals surface area (Å²) >= 11 is 9.37. The molecule has 0 aliphatic rings. The minimum atomic E-state index is -0.791. The van der Waals surface area contributed by atoms with Crippen molar-refractivity contribution in [3.05, 3.63) is 69.2 Å². The SMILES string of the molecule is NC(=O)[C@H](Cc1cc(Cl)ccc1Br)NC(=O)Cc1ccccc1. The van der Waals surface area contributed by atoms with Gasteiger partial charge >= 0.3 is 0 Å². The Morgan fingerprint density at radius 1 is 1.17 bits per heavy atom. The van der Waals surface area contributed by atoms with Gasteiger partial charge in [-0.25, -0.2) is 0 Å². The minimum absolute atomic E-state index is 0.196. The molecule has 4 nitrogen and oxygen atoms in total. The average Bonchev–Trinajstić information content (AvgIpc) is 2.51. The van der Waals surface area contributed by atoms with Crippen LogP contribution in [0.15, 0.2) is 53.0 Å². The van der Waals surface area contributed by atoms with E-state index in [1.165, 1.54) is 0 Å². The molecule has 0 heterocycles. The molecule has 2 aromatic rings. The molecule has 1 atom stereocenters. The summed E-state index contributed by atoms with van der Waals surface area (Å²) in [5.74, 6) is -0.837. The molecule has 0 spiro atoms. The van der Waals surface area contributed by atoms with Gasteiger partial charge in [-0.1, -0.05) is 57.9 Å². The predicted octanol–water partition coefficient (Wildman–Crippen LogP) is 2.86. The van der Waals surface area contributed by atoms with Crippen molar-refractivity contribution < 1.29 is 9.59 Å². The molecule has 23 heavy (non-hydrogen) atoms. The molecule has 3 N–H and O–H groups in total. The summed E-state index contributed by atoms with van der Waals surface area (Å²) in [6.07, 6.45) is 0.471. The number of primary amides is 1. The Labute approximate surface area is 148 Å². The lowest BCUT2D eigenvalue weighted by Crippen LogP contribution is -2.46. The fourth-order valence-electron chi connectivity index (χ4n) is 2.17. The number of nitrogens with two attached hydrogens (primary N) is 1. The second-order valence-electron chi connectivity index (χ2n) is 5.12. The first kappa shape index (κ1) is 17.5. The van der Waals surface area contributed by atoms with Crippen LogP contribution in [-0.2, 0) is 22.4 Å². The van der Waals surface area contributed by atoms with Crippen LogP contribution in [-0.4, -0.2) is 17.9 Å². The standard InChI is InChI=1S/C17H16BrClN2O2/c18-14-7-6-13(19)9-12(14)10-15(17(20)23)21-16(22)8-11-4-2-1-3-5-11/h1-7,9,15H,8,10H2,(H2,20,23)(H,21,22)/t15-/m0/s1. The Morgan fingerprint density at radius 2 is 1.87 bits per heavy atom. The zero-order chi connectivity index (χ0) is 16.8. The van der Waals surface area contributed by atoms with Crippen LogP contribution < -0.4 is 11.1 Å². The van der Waals surface area contributed by atoms with Gasteiger partial charge in [0.15, 0.2) is 0 Å². The van der Waals surface area contributed by atoms with Crippen molar-refractivity contribution >= 4 is 39.3 Å². The largest absolute Gasteiger partial charge is 0.368 e. The lowest BCUT2D eigenvalue weighted by Gasteiger charge is -2.16. The molecule has 0 radical (unpaired) electrons. The second kappa shape index (κ2) is 8.13. The number of rotatable bonds is 6. The molecular weight excluding hydrogens is 380 g/mol. The first-order valence-corrected chi connectivity index (χ1v) is 8.19. The number of carbonyl (C=O) groups is 2. The molecule has 0 aromatic heterocycles. The molecule has 0 unspecified atom stereocenters. The predicted molar refractivity (Wildman–Crippen MR) is 94.1 cm³/mol. The maximum absolute atomic E-state index is 12.1. The topological polar surface area (TPSA) is 72.2 Å². The maximum atomic E-state index is 12.1. The van der Waals surface area contributed by atoms with E-state index in [1.54, 1.807) is 18.2 Å². The zero-order valence-electron chi connectivity index (χ0n) is 12.3. The van der Waals surface area contributed by atoms with Gasteiger partial charge in [0.05, 0.1) is 6.42 Å². The van der Waals surface area contributed by atoms with Gasteiger partial charge in [-0.15, -0.1) is 0 Å². The number of hydrogen-bond donors (Lipinski definition) is 2. The van der Waals surface area contributed by atoms with Crippen LogP contribution in [0.3, 0.4) is 0 Å². The number of amides is 2. The Morgan fingerprint density at radius 3 is 2.52 bits per heavy atom. The molecule has 0 saturated heterocycles. The fourth-order valence-corrected chi connectivity index (χ4v) is 2.77. The molecule has 0 aliphatic carbocycles. The van der Waals surface area contributed by atoms with Crippen molar-refractivity contribution in [2.24, 2.45) is 5.73 Å². The molecule has 0 aliphatic heterocycles. The molecule has 2 rings (SSSR count). The van der Waals surface area contributed by atoms with Crippen molar-refractivity contribution in [2.45, 2.75) is 18.9 Å². The molecule has 0 saturated carbocycles. The number of nitrogens with one attached hydrogen (secondary N) is 1. The molecule has 2 amide bonds. The Hall–Kier alpha value is -1.85. The maximum Gasteiger partial charge on any atom is 0.240 e. The van der Waals surface area contributed by atoms with Crippen LogP contribution in [0.2, 0.25) is 5.02 Å². The number of carbonyl (C=O) groups excluding carboxylic acids is 2. The summed E-state index contributed by atoms with van der Waals surface area (Å²) in [5, 5.41) is 3.24. The monoisotopic (exact) mass is 394 g/mol. The van der Waals surface area contributed by atoms with Crippen LogP contribution in [0.1, 0.15) is 11.1 Å². The van der Waals surface area contributed by atoms with E-state index < -0.39 is 11.9 Å². The summed E-state index contributed by atoms with van der Waals surface area (Å²) in [6.45, 7) is 0. The molecule has 6 heteroatoms.